The molecule has 1 atom stereocenters. The van der Waals surface area contributed by atoms with Gasteiger partial charge in [0.15, 0.2) is 0 Å². The Morgan fingerprint density at radius 1 is 1.15 bits per heavy atom. The molecule has 2 rings (SSSR count). The first-order valence-electron chi connectivity index (χ1n) is 8.24. The van der Waals surface area contributed by atoms with E-state index in [1.54, 1.807) is 36.0 Å². The van der Waals surface area contributed by atoms with Gasteiger partial charge in [0, 0.05) is 17.1 Å². The molecule has 0 saturated carbocycles. The van der Waals surface area contributed by atoms with E-state index >= 15 is 0 Å². The van der Waals surface area contributed by atoms with Gasteiger partial charge >= 0.3 is 0 Å². The minimum Gasteiger partial charge on any atom is -0.341 e. The summed E-state index contributed by atoms with van der Waals surface area (Å²) in [6.45, 7) is 1.95. The van der Waals surface area contributed by atoms with Crippen molar-refractivity contribution in [3.05, 3.63) is 71.3 Å². The van der Waals surface area contributed by atoms with Crippen LogP contribution in [0.5, 0.6) is 0 Å². The van der Waals surface area contributed by atoms with E-state index in [2.05, 4.69) is 16.7 Å². The lowest BCUT2D eigenvalue weighted by molar-refractivity contribution is -0.122. The zero-order valence-electron chi connectivity index (χ0n) is 14.6. The molecular formula is C20H21N3O2S. The zero-order chi connectivity index (χ0) is 18.8. The van der Waals surface area contributed by atoms with Gasteiger partial charge in [-0.3, -0.25) is 9.59 Å². The van der Waals surface area contributed by atoms with Gasteiger partial charge in [0.05, 0.1) is 6.07 Å². The zero-order valence-corrected chi connectivity index (χ0v) is 15.4. The topological polar surface area (TPSA) is 82.0 Å². The van der Waals surface area contributed by atoms with Gasteiger partial charge in [0.25, 0.3) is 5.91 Å². The maximum Gasteiger partial charge on any atom is 0.251 e. The summed E-state index contributed by atoms with van der Waals surface area (Å²) in [6.07, 6.45) is 0. The van der Waals surface area contributed by atoms with Gasteiger partial charge in [-0.1, -0.05) is 48.0 Å². The van der Waals surface area contributed by atoms with E-state index in [-0.39, 0.29) is 18.4 Å². The average molecular weight is 367 g/mol. The Hall–Kier alpha value is -2.78. The molecule has 0 aliphatic heterocycles. The Morgan fingerprint density at radius 2 is 1.92 bits per heavy atom. The lowest BCUT2D eigenvalue weighted by Gasteiger charge is -2.17. The van der Waals surface area contributed by atoms with Gasteiger partial charge < -0.3 is 10.6 Å². The van der Waals surface area contributed by atoms with Gasteiger partial charge in [-0.15, -0.1) is 0 Å². The van der Waals surface area contributed by atoms with Crippen LogP contribution in [0.1, 0.15) is 21.5 Å². The summed E-state index contributed by atoms with van der Waals surface area (Å²) < 4.78 is 0. The highest BCUT2D eigenvalue weighted by atomic mass is 32.2. The van der Waals surface area contributed by atoms with E-state index < -0.39 is 6.04 Å². The van der Waals surface area contributed by atoms with E-state index in [0.717, 1.165) is 5.75 Å². The molecule has 0 heterocycles. The van der Waals surface area contributed by atoms with Crippen LogP contribution in [0.3, 0.4) is 0 Å². The molecule has 2 aromatic carbocycles. The molecule has 2 aromatic rings. The monoisotopic (exact) mass is 367 g/mol. The van der Waals surface area contributed by atoms with Crippen LogP contribution in [0.15, 0.2) is 54.6 Å². The Balaban J connectivity index is 1.97. The number of thioether (sulfide) groups is 1. The molecule has 0 unspecified atom stereocenters. The van der Waals surface area contributed by atoms with Crippen LogP contribution in [0.25, 0.3) is 0 Å². The first-order chi connectivity index (χ1) is 12.6. The number of carbonyl (C=O) groups is 2. The minimum atomic E-state index is -0.703. The third-order valence-electron chi connectivity index (χ3n) is 3.64. The lowest BCUT2D eigenvalue weighted by Crippen LogP contribution is -2.48. The number of nitrogens with one attached hydrogen (secondary N) is 2. The number of nitriles is 1. The molecule has 0 fully saturated rings. The summed E-state index contributed by atoms with van der Waals surface area (Å²) >= 11 is 1.56. The molecule has 2 N–H and O–H groups in total. The summed E-state index contributed by atoms with van der Waals surface area (Å²) in [4.78, 5) is 24.6. The second-order valence-electron chi connectivity index (χ2n) is 5.77. The van der Waals surface area contributed by atoms with Crippen LogP contribution in [-0.4, -0.2) is 30.2 Å². The fraction of sp³-hybridized carbons (Fsp3) is 0.250. The van der Waals surface area contributed by atoms with E-state index in [1.807, 2.05) is 37.3 Å². The molecule has 0 radical (unpaired) electrons. The fourth-order valence-electron chi connectivity index (χ4n) is 2.36. The Morgan fingerprint density at radius 3 is 2.62 bits per heavy atom. The predicted molar refractivity (Wildman–Crippen MR) is 104 cm³/mol. The smallest absolute Gasteiger partial charge is 0.251 e. The number of amides is 2. The van der Waals surface area contributed by atoms with Gasteiger partial charge in [-0.05, 0) is 24.6 Å². The second-order valence-corrected chi connectivity index (χ2v) is 6.80. The number of aryl methyl sites for hydroxylation is 1. The SMILES string of the molecule is Cc1cccc(CSC[C@H](NC(=O)c2ccccc2)C(=O)NCC#N)c1. The van der Waals surface area contributed by atoms with Crippen LogP contribution in [0.4, 0.5) is 0 Å². The molecule has 6 heteroatoms. The standard InChI is InChI=1S/C20H21N3O2S/c1-15-6-5-7-16(12-15)13-26-14-18(20(25)22-11-10-21)23-19(24)17-8-3-2-4-9-17/h2-9,12,18H,11,13-14H2,1H3,(H,22,25)(H,23,24)/t18-/m0/s1. The molecular weight excluding hydrogens is 346 g/mol. The maximum atomic E-state index is 12.3. The van der Waals surface area contributed by atoms with Gasteiger partial charge in [-0.2, -0.15) is 17.0 Å². The molecule has 5 nitrogen and oxygen atoms in total. The van der Waals surface area contributed by atoms with Crippen LogP contribution in [0.2, 0.25) is 0 Å². The van der Waals surface area contributed by atoms with E-state index in [4.69, 9.17) is 5.26 Å². The van der Waals surface area contributed by atoms with E-state index in [1.165, 1.54) is 11.1 Å². The lowest BCUT2D eigenvalue weighted by atomic mass is 10.2. The molecule has 0 spiro atoms. The van der Waals surface area contributed by atoms with Crippen LogP contribution in [0, 0.1) is 18.3 Å². The number of nitrogens with zero attached hydrogens (tertiary/aromatic N) is 1. The Bertz CT molecular complexity index is 787. The first kappa shape index (κ1) is 19.5. The summed E-state index contributed by atoms with van der Waals surface area (Å²) in [5, 5.41) is 13.9. The number of rotatable bonds is 8. The molecule has 0 aliphatic rings. The molecule has 2 amide bonds. The van der Waals surface area contributed by atoms with Gasteiger partial charge in [0.1, 0.15) is 12.6 Å². The highest BCUT2D eigenvalue weighted by molar-refractivity contribution is 7.98. The van der Waals surface area contributed by atoms with Gasteiger partial charge in [-0.25, -0.2) is 0 Å². The summed E-state index contributed by atoms with van der Waals surface area (Å²) in [5.41, 5.74) is 2.85. The van der Waals surface area contributed by atoms with Crippen molar-refractivity contribution in [3.63, 3.8) is 0 Å². The number of hydrogen-bond donors (Lipinski definition) is 2. The van der Waals surface area contributed by atoms with Crippen molar-refractivity contribution in [3.8, 4) is 6.07 Å². The molecule has 134 valence electrons. The van der Waals surface area contributed by atoms with Gasteiger partial charge in [0.2, 0.25) is 5.91 Å². The van der Waals surface area contributed by atoms with Crippen LogP contribution in [-0.2, 0) is 10.5 Å². The van der Waals surface area contributed by atoms with E-state index in [9.17, 15) is 9.59 Å². The van der Waals surface area contributed by atoms with Crippen molar-refractivity contribution < 1.29 is 9.59 Å². The number of carbonyl (C=O) groups excluding carboxylic acids is 2. The van der Waals surface area contributed by atoms with Crippen molar-refractivity contribution in [2.75, 3.05) is 12.3 Å². The van der Waals surface area contributed by atoms with Crippen molar-refractivity contribution >= 4 is 23.6 Å². The van der Waals surface area contributed by atoms with Crippen molar-refractivity contribution in [2.45, 2.75) is 18.7 Å². The number of hydrogen-bond acceptors (Lipinski definition) is 4. The first-order valence-corrected chi connectivity index (χ1v) is 9.39. The summed E-state index contributed by atoms with van der Waals surface area (Å²) in [5.74, 6) is 0.501. The molecule has 26 heavy (non-hydrogen) atoms. The van der Waals surface area contributed by atoms with Crippen molar-refractivity contribution in [1.29, 1.82) is 5.26 Å². The van der Waals surface area contributed by atoms with Crippen LogP contribution >= 0.6 is 11.8 Å². The molecule has 0 saturated heterocycles. The van der Waals surface area contributed by atoms with Crippen molar-refractivity contribution in [1.82, 2.24) is 10.6 Å². The third-order valence-corrected chi connectivity index (χ3v) is 4.74. The van der Waals surface area contributed by atoms with Crippen molar-refractivity contribution in [2.24, 2.45) is 0 Å². The van der Waals surface area contributed by atoms with Crippen LogP contribution < -0.4 is 10.6 Å². The molecule has 0 aromatic heterocycles. The summed E-state index contributed by atoms with van der Waals surface area (Å²) in [6, 6.07) is 18.1. The third kappa shape index (κ3) is 6.26. The maximum absolute atomic E-state index is 12.3. The molecule has 0 bridgehead atoms. The quantitative estimate of drug-likeness (QED) is 0.703. The number of benzene rings is 2. The largest absolute Gasteiger partial charge is 0.341 e. The minimum absolute atomic E-state index is 0.0842. The Labute approximate surface area is 157 Å². The summed E-state index contributed by atoms with van der Waals surface area (Å²) in [7, 11) is 0. The van der Waals surface area contributed by atoms with E-state index in [0.29, 0.717) is 11.3 Å². The highest BCUT2D eigenvalue weighted by Gasteiger charge is 2.21. The highest BCUT2D eigenvalue weighted by Crippen LogP contribution is 2.15. The molecule has 0 aliphatic carbocycles. The fourth-order valence-corrected chi connectivity index (χ4v) is 3.36. The predicted octanol–water partition coefficient (Wildman–Crippen LogP) is 2.67. The normalized spacial score (nSPS) is 11.2. The second kappa shape index (κ2) is 10.3. The average Bonchev–Trinajstić information content (AvgIpc) is 2.66. The Kier molecular flexibility index (Phi) is 7.72.